The molecule has 0 aliphatic heterocycles. The van der Waals surface area contributed by atoms with Gasteiger partial charge in [0, 0.05) is 17.1 Å². The van der Waals surface area contributed by atoms with Crippen molar-refractivity contribution in [3.8, 4) is 0 Å². The van der Waals surface area contributed by atoms with Crippen molar-refractivity contribution in [2.45, 2.75) is 12.8 Å². The molecule has 0 spiro atoms. The molecule has 0 amide bonds. The molecule has 14 heavy (non-hydrogen) atoms. The van der Waals surface area contributed by atoms with Gasteiger partial charge < -0.3 is 0 Å². The van der Waals surface area contributed by atoms with Gasteiger partial charge in [-0.1, -0.05) is 0 Å². The van der Waals surface area contributed by atoms with Crippen LogP contribution in [0.2, 0.25) is 0 Å². The third kappa shape index (κ3) is 22.7. The molecule has 1 aliphatic rings. The molecule has 5 heteroatoms. The van der Waals surface area contributed by atoms with Crippen molar-refractivity contribution in [3.63, 3.8) is 0 Å². The van der Waals surface area contributed by atoms with Gasteiger partial charge >= 0.3 is 33.9 Å². The van der Waals surface area contributed by atoms with E-state index in [2.05, 4.69) is 26.4 Å². The van der Waals surface area contributed by atoms with Gasteiger partial charge in [-0.2, -0.15) is 0 Å². The standard InChI is InChI=1S/C6H7Cl.3CO.Fe/c7-6-4-2-1-3-5-6;3*1-2;/h1-2,4H,3,5H2;;;;. The summed E-state index contributed by atoms with van der Waals surface area (Å²) < 4.78 is 22.5. The number of hydrogen-bond acceptors (Lipinski definition) is 0. The predicted molar refractivity (Wildman–Crippen MR) is 43.0 cm³/mol. The van der Waals surface area contributed by atoms with Crippen molar-refractivity contribution in [2.75, 3.05) is 0 Å². The molecule has 0 atom stereocenters. The van der Waals surface area contributed by atoms with Crippen LogP contribution in [0.15, 0.2) is 0 Å². The molecule has 4 radical (unpaired) electrons. The molecule has 0 aromatic carbocycles. The first-order chi connectivity index (χ1) is 6.39. The van der Waals surface area contributed by atoms with Gasteiger partial charge in [-0.25, -0.2) is 0 Å². The molecule has 0 heterocycles. The van der Waals surface area contributed by atoms with E-state index in [9.17, 15) is 0 Å². The Labute approximate surface area is 100 Å². The molecule has 1 saturated carbocycles. The number of hydrogen-bond donors (Lipinski definition) is 0. The number of halogens is 1. The molecule has 0 aromatic heterocycles. The zero-order valence-electron chi connectivity index (χ0n) is 7.10. The largest absolute Gasteiger partial charge is 0 e. The van der Waals surface area contributed by atoms with E-state index in [-0.39, 0.29) is 17.1 Å². The molecule has 1 rings (SSSR count). The molecule has 3 nitrogen and oxygen atoms in total. The van der Waals surface area contributed by atoms with Crippen LogP contribution in [-0.4, -0.2) is 0 Å². The minimum atomic E-state index is 0. The summed E-state index contributed by atoms with van der Waals surface area (Å²) >= 11 is 5.63. The maximum Gasteiger partial charge on any atom is 0 e. The first-order valence-corrected chi connectivity index (χ1v) is 3.40. The van der Waals surface area contributed by atoms with Crippen LogP contribution in [0.3, 0.4) is 0 Å². The molecule has 76 valence electrons. The first-order valence-electron chi connectivity index (χ1n) is 3.02. The smallest absolute Gasteiger partial charge is 0 e. The summed E-state index contributed by atoms with van der Waals surface area (Å²) in [6, 6.07) is 0. The van der Waals surface area contributed by atoms with Crippen molar-refractivity contribution >= 4 is 11.6 Å². The van der Waals surface area contributed by atoms with E-state index in [4.69, 9.17) is 25.6 Å². The van der Waals surface area contributed by atoms with E-state index in [0.717, 1.165) is 18.2 Å². The summed E-state index contributed by atoms with van der Waals surface area (Å²) in [6.45, 7) is 13.5. The van der Waals surface area contributed by atoms with Crippen LogP contribution >= 0.6 is 11.6 Å². The van der Waals surface area contributed by atoms with Crippen LogP contribution in [0.4, 0.5) is 0 Å². The summed E-state index contributed by atoms with van der Waals surface area (Å²) in [6.07, 6.45) is 8.18. The van der Waals surface area contributed by atoms with E-state index >= 15 is 0 Å². The van der Waals surface area contributed by atoms with E-state index in [0.29, 0.717) is 0 Å². The quantitative estimate of drug-likeness (QED) is 0.361. The second-order valence-electron chi connectivity index (χ2n) is 1.58. The van der Waals surface area contributed by atoms with Gasteiger partial charge in [-0.3, -0.25) is 0 Å². The van der Waals surface area contributed by atoms with Gasteiger partial charge in [0.1, 0.15) is 0 Å². The fourth-order valence-corrected chi connectivity index (χ4v) is 0.755. The Morgan fingerprint density at radius 2 is 1.50 bits per heavy atom. The topological polar surface area (TPSA) is 59.7 Å². The molecule has 0 bridgehead atoms. The van der Waals surface area contributed by atoms with Gasteiger partial charge in [0.05, 0.1) is 5.38 Å². The van der Waals surface area contributed by atoms with Gasteiger partial charge in [0.25, 0.3) is 0 Å². The van der Waals surface area contributed by atoms with Crippen molar-refractivity contribution in [2.24, 2.45) is 0 Å². The van der Waals surface area contributed by atoms with Crippen molar-refractivity contribution < 1.29 is 31.0 Å². The average Bonchev–Trinajstić information content (AvgIpc) is 2.28. The maximum atomic E-state index is 7.50. The summed E-state index contributed by atoms with van der Waals surface area (Å²) in [4.78, 5) is 0. The van der Waals surface area contributed by atoms with E-state index in [1.54, 1.807) is 0 Å². The van der Waals surface area contributed by atoms with Gasteiger partial charge in [0.2, 0.25) is 0 Å². The molecule has 1 fully saturated rings. The Morgan fingerprint density at radius 3 is 1.64 bits per heavy atom. The van der Waals surface area contributed by atoms with Crippen LogP contribution in [-0.2, 0) is 31.0 Å². The molecule has 1 aliphatic carbocycles. The monoisotopic (exact) mass is 254 g/mol. The Hall–Kier alpha value is 0.0295. The fraction of sp³-hybridized carbons (Fsp3) is 0.222. The average molecular weight is 254 g/mol. The maximum absolute atomic E-state index is 7.50. The van der Waals surface area contributed by atoms with Crippen molar-refractivity contribution in [1.82, 2.24) is 0 Å². The van der Waals surface area contributed by atoms with Gasteiger partial charge in [0.15, 0.2) is 0 Å². The molecule has 0 unspecified atom stereocenters. The summed E-state index contributed by atoms with van der Waals surface area (Å²) in [5.74, 6) is 0. The Balaban J connectivity index is -0.0000000625. The second kappa shape index (κ2) is 29.2. The summed E-state index contributed by atoms with van der Waals surface area (Å²) in [7, 11) is 0. The minimum Gasteiger partial charge on any atom is 0 e. The van der Waals surface area contributed by atoms with E-state index in [1.165, 1.54) is 0 Å². The SMILES string of the molecule is Cl[C]1[CH][CH][CH]CC1.[C-]#[O+].[C-]#[O+].[C-]#[O+].[Fe]. The molecular weight excluding hydrogens is 247 g/mol. The Bertz CT molecular complexity index is 124. The van der Waals surface area contributed by atoms with Crippen molar-refractivity contribution in [1.29, 1.82) is 0 Å². The minimum absolute atomic E-state index is 0. The number of rotatable bonds is 0. The normalized spacial score (nSPS) is 13.1. The summed E-state index contributed by atoms with van der Waals surface area (Å²) in [5.41, 5.74) is 0. The summed E-state index contributed by atoms with van der Waals surface area (Å²) in [5, 5.41) is 0.975. The molecule has 0 N–H and O–H groups in total. The van der Waals surface area contributed by atoms with Crippen LogP contribution < -0.4 is 0 Å². The van der Waals surface area contributed by atoms with E-state index in [1.807, 2.05) is 12.8 Å². The first kappa shape index (κ1) is 23.7. The molecule has 0 aromatic rings. The Morgan fingerprint density at radius 1 is 1.07 bits per heavy atom. The third-order valence-electron chi connectivity index (χ3n) is 0.963. The zero-order chi connectivity index (χ0) is 11.1. The second-order valence-corrected chi connectivity index (χ2v) is 2.07. The molecular formula is C9H7ClFeO3. The van der Waals surface area contributed by atoms with E-state index < -0.39 is 0 Å². The van der Waals surface area contributed by atoms with Gasteiger partial charge in [-0.15, -0.1) is 11.6 Å². The van der Waals surface area contributed by atoms with Crippen molar-refractivity contribution in [3.05, 3.63) is 44.6 Å². The van der Waals surface area contributed by atoms with Crippen LogP contribution in [0.1, 0.15) is 12.8 Å². The third-order valence-corrected chi connectivity index (χ3v) is 1.28. The predicted octanol–water partition coefficient (Wildman–Crippen LogP) is 2.05. The van der Waals surface area contributed by atoms with Crippen LogP contribution in [0.25, 0.3) is 0 Å². The van der Waals surface area contributed by atoms with Crippen LogP contribution in [0, 0.1) is 44.6 Å². The van der Waals surface area contributed by atoms with Gasteiger partial charge in [-0.05, 0) is 32.1 Å². The molecule has 0 saturated heterocycles. The van der Waals surface area contributed by atoms with Crippen LogP contribution in [0.5, 0.6) is 0 Å². The zero-order valence-corrected chi connectivity index (χ0v) is 8.96. The Kier molecular flexibility index (Phi) is 49.5. The fourth-order valence-electron chi connectivity index (χ4n) is 0.573.